The molecule has 0 spiro atoms. The monoisotopic (exact) mass is 225 g/mol. The Balaban J connectivity index is 2.85. The molecule has 1 atom stereocenters. The van der Waals surface area contributed by atoms with Gasteiger partial charge in [-0.2, -0.15) is 15.0 Å². The fourth-order valence-electron chi connectivity index (χ4n) is 1.07. The molecule has 0 aliphatic rings. The van der Waals surface area contributed by atoms with Gasteiger partial charge in [-0.25, -0.2) is 0 Å². The van der Waals surface area contributed by atoms with Crippen LogP contribution in [0.15, 0.2) is 0 Å². The Morgan fingerprint density at radius 2 is 1.88 bits per heavy atom. The zero-order valence-electron chi connectivity index (χ0n) is 10.2. The molecule has 0 saturated carbocycles. The molecule has 6 heteroatoms. The first-order valence-electron chi connectivity index (χ1n) is 5.50. The first-order chi connectivity index (χ1) is 7.69. The number of nitrogens with one attached hydrogen (secondary N) is 2. The van der Waals surface area contributed by atoms with Crippen LogP contribution < -0.4 is 15.4 Å². The Bertz CT molecular complexity index is 331. The minimum Gasteiger partial charge on any atom is -0.467 e. The third kappa shape index (κ3) is 3.52. The highest BCUT2D eigenvalue weighted by molar-refractivity contribution is 5.36. The molecule has 0 saturated heterocycles. The normalized spacial score (nSPS) is 12.0. The lowest BCUT2D eigenvalue weighted by molar-refractivity contribution is 0.379. The molecule has 0 fully saturated rings. The van der Waals surface area contributed by atoms with E-state index in [2.05, 4.69) is 39.4 Å². The smallest absolute Gasteiger partial charge is 0.322 e. The first kappa shape index (κ1) is 12.5. The molecule has 0 bridgehead atoms. The van der Waals surface area contributed by atoms with Crippen LogP contribution in [0.5, 0.6) is 6.01 Å². The van der Waals surface area contributed by atoms with Crippen molar-refractivity contribution >= 4 is 11.9 Å². The van der Waals surface area contributed by atoms with Gasteiger partial charge in [-0.15, -0.1) is 0 Å². The summed E-state index contributed by atoms with van der Waals surface area (Å²) in [6, 6.07) is 0.637. The molecule has 0 amide bonds. The van der Waals surface area contributed by atoms with E-state index in [1.807, 2.05) is 6.92 Å². The quantitative estimate of drug-likeness (QED) is 0.765. The average Bonchev–Trinajstić information content (AvgIpc) is 2.29. The van der Waals surface area contributed by atoms with Gasteiger partial charge >= 0.3 is 6.01 Å². The van der Waals surface area contributed by atoms with Crippen LogP contribution in [0.2, 0.25) is 0 Å². The molecule has 90 valence electrons. The fraction of sp³-hybridized carbons (Fsp3) is 0.700. The van der Waals surface area contributed by atoms with Crippen molar-refractivity contribution < 1.29 is 4.74 Å². The lowest BCUT2D eigenvalue weighted by Gasteiger charge is -2.12. The standard InChI is InChI=1S/C10H19N5O/c1-5-7(3)12-9-13-8(11-6-2)14-10(15-9)16-4/h7H,5-6H2,1-4H3,(H2,11,12,13,14,15)/t7-/m1/s1. The van der Waals surface area contributed by atoms with E-state index in [4.69, 9.17) is 4.74 Å². The van der Waals surface area contributed by atoms with Crippen LogP contribution in [-0.4, -0.2) is 34.6 Å². The van der Waals surface area contributed by atoms with Crippen molar-refractivity contribution in [3.63, 3.8) is 0 Å². The number of ether oxygens (including phenoxy) is 1. The second-order valence-corrected chi connectivity index (χ2v) is 3.45. The Labute approximate surface area is 95.9 Å². The Morgan fingerprint density at radius 3 is 2.44 bits per heavy atom. The highest BCUT2D eigenvalue weighted by Crippen LogP contribution is 2.11. The topological polar surface area (TPSA) is 72.0 Å². The van der Waals surface area contributed by atoms with Crippen molar-refractivity contribution in [1.29, 1.82) is 0 Å². The number of nitrogens with zero attached hydrogens (tertiary/aromatic N) is 3. The minimum absolute atomic E-state index is 0.316. The number of anilines is 2. The maximum atomic E-state index is 5.01. The lowest BCUT2D eigenvalue weighted by atomic mass is 10.3. The zero-order valence-corrected chi connectivity index (χ0v) is 10.2. The second-order valence-electron chi connectivity index (χ2n) is 3.45. The van der Waals surface area contributed by atoms with Gasteiger partial charge in [-0.05, 0) is 20.3 Å². The van der Waals surface area contributed by atoms with Crippen molar-refractivity contribution in [2.45, 2.75) is 33.2 Å². The van der Waals surface area contributed by atoms with E-state index in [0.29, 0.717) is 23.9 Å². The Morgan fingerprint density at radius 1 is 1.19 bits per heavy atom. The molecule has 2 N–H and O–H groups in total. The molecule has 1 aromatic heterocycles. The van der Waals surface area contributed by atoms with Crippen LogP contribution >= 0.6 is 0 Å². The molecule has 6 nitrogen and oxygen atoms in total. The maximum Gasteiger partial charge on any atom is 0.322 e. The van der Waals surface area contributed by atoms with Crippen LogP contribution in [0, 0.1) is 0 Å². The highest BCUT2D eigenvalue weighted by Gasteiger charge is 2.07. The second kappa shape index (κ2) is 6.09. The van der Waals surface area contributed by atoms with Gasteiger partial charge in [0, 0.05) is 12.6 Å². The third-order valence-electron chi connectivity index (χ3n) is 2.12. The van der Waals surface area contributed by atoms with Crippen molar-refractivity contribution in [3.8, 4) is 6.01 Å². The molecule has 1 heterocycles. The van der Waals surface area contributed by atoms with E-state index in [0.717, 1.165) is 13.0 Å². The largest absolute Gasteiger partial charge is 0.467 e. The summed E-state index contributed by atoms with van der Waals surface area (Å²) in [4.78, 5) is 12.4. The van der Waals surface area contributed by atoms with E-state index < -0.39 is 0 Å². The van der Waals surface area contributed by atoms with Gasteiger partial charge in [0.15, 0.2) is 0 Å². The van der Waals surface area contributed by atoms with E-state index in [-0.39, 0.29) is 0 Å². The van der Waals surface area contributed by atoms with Gasteiger partial charge < -0.3 is 15.4 Å². The van der Waals surface area contributed by atoms with E-state index >= 15 is 0 Å². The Hall–Kier alpha value is -1.59. The molecule has 16 heavy (non-hydrogen) atoms. The van der Waals surface area contributed by atoms with Crippen molar-refractivity contribution in [3.05, 3.63) is 0 Å². The predicted octanol–water partition coefficient (Wildman–Crippen LogP) is 1.52. The third-order valence-corrected chi connectivity index (χ3v) is 2.12. The van der Waals surface area contributed by atoms with Crippen LogP contribution in [0.3, 0.4) is 0 Å². The van der Waals surface area contributed by atoms with Crippen LogP contribution in [0.25, 0.3) is 0 Å². The molecular formula is C10H19N5O. The van der Waals surface area contributed by atoms with E-state index in [1.165, 1.54) is 7.11 Å². The average molecular weight is 225 g/mol. The number of rotatable bonds is 6. The van der Waals surface area contributed by atoms with E-state index in [9.17, 15) is 0 Å². The molecule has 0 aliphatic carbocycles. The summed E-state index contributed by atoms with van der Waals surface area (Å²) < 4.78 is 5.01. The molecule has 1 rings (SSSR count). The Kier molecular flexibility index (Phi) is 4.75. The summed E-state index contributed by atoms with van der Waals surface area (Å²) in [5, 5.41) is 6.21. The van der Waals surface area contributed by atoms with E-state index in [1.54, 1.807) is 0 Å². The molecule has 0 aliphatic heterocycles. The van der Waals surface area contributed by atoms with Gasteiger partial charge in [0.05, 0.1) is 7.11 Å². The van der Waals surface area contributed by atoms with Crippen molar-refractivity contribution in [2.24, 2.45) is 0 Å². The first-order valence-corrected chi connectivity index (χ1v) is 5.50. The number of hydrogen-bond donors (Lipinski definition) is 2. The molecule has 0 radical (unpaired) electrons. The van der Waals surface area contributed by atoms with Crippen LogP contribution in [0.1, 0.15) is 27.2 Å². The van der Waals surface area contributed by atoms with Gasteiger partial charge in [0.1, 0.15) is 0 Å². The molecule has 1 aromatic rings. The highest BCUT2D eigenvalue weighted by atomic mass is 16.5. The zero-order chi connectivity index (χ0) is 12.0. The van der Waals surface area contributed by atoms with Gasteiger partial charge in [-0.1, -0.05) is 6.92 Å². The van der Waals surface area contributed by atoms with Crippen molar-refractivity contribution in [2.75, 3.05) is 24.3 Å². The SMILES string of the molecule is CCNc1nc(N[C@H](C)CC)nc(OC)n1. The summed E-state index contributed by atoms with van der Waals surface area (Å²) in [6.45, 7) is 6.92. The minimum atomic E-state index is 0.316. The molecular weight excluding hydrogens is 206 g/mol. The van der Waals surface area contributed by atoms with Gasteiger partial charge in [0.25, 0.3) is 0 Å². The summed E-state index contributed by atoms with van der Waals surface area (Å²) in [6.07, 6.45) is 1.00. The van der Waals surface area contributed by atoms with Crippen molar-refractivity contribution in [1.82, 2.24) is 15.0 Å². The fourth-order valence-corrected chi connectivity index (χ4v) is 1.07. The predicted molar refractivity (Wildman–Crippen MR) is 63.9 cm³/mol. The summed E-state index contributed by atoms with van der Waals surface area (Å²) in [5.74, 6) is 1.07. The summed E-state index contributed by atoms with van der Waals surface area (Å²) in [5.41, 5.74) is 0. The number of methoxy groups -OCH3 is 1. The van der Waals surface area contributed by atoms with Gasteiger partial charge in [0.2, 0.25) is 11.9 Å². The van der Waals surface area contributed by atoms with Crippen LogP contribution in [-0.2, 0) is 0 Å². The lowest BCUT2D eigenvalue weighted by Crippen LogP contribution is -2.17. The maximum absolute atomic E-state index is 5.01. The van der Waals surface area contributed by atoms with Gasteiger partial charge in [-0.3, -0.25) is 0 Å². The summed E-state index contributed by atoms with van der Waals surface area (Å²) >= 11 is 0. The molecule has 0 aromatic carbocycles. The molecule has 0 unspecified atom stereocenters. The number of aromatic nitrogens is 3. The summed E-state index contributed by atoms with van der Waals surface area (Å²) in [7, 11) is 1.54. The van der Waals surface area contributed by atoms with Crippen LogP contribution in [0.4, 0.5) is 11.9 Å². The number of hydrogen-bond acceptors (Lipinski definition) is 6.